The molecule has 1 aromatic heterocycles. The molecule has 0 spiro atoms. The molecule has 13 rings (SSSR count). The van der Waals surface area contributed by atoms with E-state index in [-0.39, 0.29) is 34.0 Å². The van der Waals surface area contributed by atoms with Crippen molar-refractivity contribution in [1.82, 2.24) is 9.47 Å². The van der Waals surface area contributed by atoms with Gasteiger partial charge in [-0.1, -0.05) is 105 Å². The predicted molar refractivity (Wildman–Crippen MR) is 274 cm³/mol. The Labute approximate surface area is 403 Å². The average Bonchev–Trinajstić information content (AvgIpc) is 4.02. The quantitative estimate of drug-likeness (QED) is 0.300. The van der Waals surface area contributed by atoms with E-state index < -0.39 is 0 Å². The molecule has 0 N–H and O–H groups in total. The Hall–Kier alpha value is -3.70. The number of ether oxygens (including phenoxy) is 2. The zero-order valence-corrected chi connectivity index (χ0v) is 42.8. The van der Waals surface area contributed by atoms with Gasteiger partial charge in [0.2, 0.25) is 0 Å². The summed E-state index contributed by atoms with van der Waals surface area (Å²) in [5.41, 5.74) is 17.7. The molecule has 1 saturated heterocycles. The third-order valence-corrected chi connectivity index (χ3v) is 20.7. The Bertz CT molecular complexity index is 2600. The average molecular weight is 900 g/mol. The van der Waals surface area contributed by atoms with Crippen LogP contribution in [0.2, 0.25) is 0 Å². The van der Waals surface area contributed by atoms with Crippen LogP contribution in [0, 0.1) is 23.2 Å². The van der Waals surface area contributed by atoms with Crippen molar-refractivity contribution in [2.24, 2.45) is 23.2 Å². The summed E-state index contributed by atoms with van der Waals surface area (Å²) in [6.07, 6.45) is 37.4. The molecule has 11 atom stereocenters. The van der Waals surface area contributed by atoms with Gasteiger partial charge in [-0.05, 0) is 167 Å². The van der Waals surface area contributed by atoms with Crippen molar-refractivity contribution in [1.29, 1.82) is 0 Å². The Balaban J connectivity index is 1.05. The monoisotopic (exact) mass is 900 g/mol. The molecule has 5 heterocycles. The van der Waals surface area contributed by atoms with Crippen molar-refractivity contribution in [3.63, 3.8) is 0 Å². The molecular weight excluding hydrogens is 819 g/mol. The highest BCUT2D eigenvalue weighted by Crippen LogP contribution is 2.63. The number of hydrogen-bond donors (Lipinski definition) is 0. The van der Waals surface area contributed by atoms with Gasteiger partial charge in [0.1, 0.15) is 5.76 Å². The third-order valence-electron chi connectivity index (χ3n) is 20.7. The number of aromatic nitrogens is 1. The minimum absolute atomic E-state index is 0.0136. The van der Waals surface area contributed by atoms with Gasteiger partial charge in [0.05, 0.1) is 29.4 Å². The van der Waals surface area contributed by atoms with E-state index in [1.165, 1.54) is 118 Å². The molecule has 5 heteroatoms. The second kappa shape index (κ2) is 15.2. The molecule has 2 aromatic rings. The topological polar surface area (TPSA) is 29.9 Å². The Morgan fingerprint density at radius 3 is 2.43 bits per heavy atom. The molecule has 2 saturated carbocycles. The molecule has 356 valence electrons. The lowest BCUT2D eigenvalue weighted by Gasteiger charge is -2.55. The number of rotatable bonds is 2. The second-order valence-corrected chi connectivity index (χ2v) is 26.3. The van der Waals surface area contributed by atoms with Gasteiger partial charge in [0, 0.05) is 68.9 Å². The minimum atomic E-state index is 0.0136. The van der Waals surface area contributed by atoms with Crippen LogP contribution in [0.25, 0.3) is 0 Å². The number of allylic oxidation sites excluding steroid dienone is 9. The maximum absolute atomic E-state index is 7.16. The van der Waals surface area contributed by atoms with Gasteiger partial charge < -0.3 is 23.8 Å². The number of hydrogen-bond acceptors (Lipinski definition) is 4. The molecule has 0 radical (unpaired) electrons. The lowest BCUT2D eigenvalue weighted by Crippen LogP contribution is -2.56. The SMILES string of the molecule is CC1C2CC(C(C)(C)C)CC1n1c3c(c4c1C1CC=CC=C1O4)CCCC3CC1CC=C(N3c4ccc(C(C)(C)C)cc4C4(C)CCCCC34C)C=C1N2C1=C2C3=CCCCC3OC2CCC1. The van der Waals surface area contributed by atoms with Gasteiger partial charge in [0.25, 0.3) is 0 Å². The van der Waals surface area contributed by atoms with E-state index in [9.17, 15) is 0 Å². The third kappa shape index (κ3) is 6.26. The highest BCUT2D eigenvalue weighted by molar-refractivity contribution is 5.73. The number of benzene rings is 1. The lowest BCUT2D eigenvalue weighted by molar-refractivity contribution is 0.0254. The predicted octanol–water partition coefficient (Wildman–Crippen LogP) is 15.4. The van der Waals surface area contributed by atoms with E-state index in [1.54, 1.807) is 39.4 Å². The van der Waals surface area contributed by atoms with Gasteiger partial charge in [0.15, 0.2) is 5.75 Å². The fraction of sp³-hybridized carbons (Fsp3) is 0.645. The molecule has 67 heavy (non-hydrogen) atoms. The van der Waals surface area contributed by atoms with Gasteiger partial charge in [-0.25, -0.2) is 0 Å². The van der Waals surface area contributed by atoms with Crippen LogP contribution in [0.5, 0.6) is 5.75 Å². The molecule has 3 fully saturated rings. The summed E-state index contributed by atoms with van der Waals surface area (Å²) in [5, 5.41) is 0. The first-order chi connectivity index (χ1) is 32.1. The van der Waals surface area contributed by atoms with Gasteiger partial charge in [-0.15, -0.1) is 0 Å². The molecule has 2 bridgehead atoms. The van der Waals surface area contributed by atoms with Crippen LogP contribution in [0.4, 0.5) is 5.69 Å². The van der Waals surface area contributed by atoms with Crippen LogP contribution in [0.15, 0.2) is 88.7 Å². The van der Waals surface area contributed by atoms with Crippen LogP contribution in [0.1, 0.15) is 217 Å². The van der Waals surface area contributed by atoms with Crippen LogP contribution < -0.4 is 9.64 Å². The highest BCUT2D eigenvalue weighted by atomic mass is 16.5. The lowest BCUT2D eigenvalue weighted by atomic mass is 9.61. The summed E-state index contributed by atoms with van der Waals surface area (Å²) in [6.45, 7) is 22.9. The summed E-state index contributed by atoms with van der Waals surface area (Å²) in [5.74, 6) is 4.81. The molecule has 1 aromatic carbocycles. The second-order valence-electron chi connectivity index (χ2n) is 26.3. The van der Waals surface area contributed by atoms with E-state index in [1.807, 2.05) is 0 Å². The standard InChI is InChI=1S/C62H81N3O2/c1-37-49-34-41(60(5,6)7)35-50(37)64-56-39(18-16-21-45(56)58-57(64)44-20-11-13-24-53(44)67-58)32-38-26-28-42(36-51(38)63(49)48-22-17-25-54-55(48)43-19-10-12-23-52(43)66-54)65-47-29-27-40(59(2,3)4)33-46(47)61(8)30-14-15-31-62(61,65)9/h11,13,19,24,27-29,33,36-39,41,44,49-50,52,54H,10,12,14-18,20-23,25-26,30-32,34-35H2,1-9H3. The summed E-state index contributed by atoms with van der Waals surface area (Å²) in [7, 11) is 0. The smallest absolute Gasteiger partial charge is 0.152 e. The van der Waals surface area contributed by atoms with Crippen LogP contribution >= 0.6 is 0 Å². The Morgan fingerprint density at radius 1 is 0.791 bits per heavy atom. The van der Waals surface area contributed by atoms with Crippen LogP contribution in [0.3, 0.4) is 0 Å². The number of nitrogens with zero attached hydrogens (tertiary/aromatic N) is 3. The first kappa shape index (κ1) is 43.3. The first-order valence-corrected chi connectivity index (χ1v) is 27.7. The van der Waals surface area contributed by atoms with E-state index in [4.69, 9.17) is 9.47 Å². The van der Waals surface area contributed by atoms with Crippen molar-refractivity contribution < 1.29 is 9.47 Å². The zero-order valence-electron chi connectivity index (χ0n) is 42.8. The van der Waals surface area contributed by atoms with E-state index >= 15 is 0 Å². The highest BCUT2D eigenvalue weighted by Gasteiger charge is 2.59. The summed E-state index contributed by atoms with van der Waals surface area (Å²) < 4.78 is 17.3. The van der Waals surface area contributed by atoms with E-state index in [2.05, 4.69) is 131 Å². The number of anilines is 1. The normalized spacial score (nSPS) is 37.4. The van der Waals surface area contributed by atoms with Crippen molar-refractivity contribution >= 4 is 5.69 Å². The van der Waals surface area contributed by atoms with Crippen LogP contribution in [-0.2, 0) is 22.0 Å². The summed E-state index contributed by atoms with van der Waals surface area (Å²) in [6, 6.07) is 8.47. The van der Waals surface area contributed by atoms with Crippen molar-refractivity contribution in [3.05, 3.63) is 117 Å². The zero-order chi connectivity index (χ0) is 45.9. The van der Waals surface area contributed by atoms with Crippen LogP contribution in [-0.4, -0.2) is 33.3 Å². The van der Waals surface area contributed by atoms with Gasteiger partial charge in [-0.2, -0.15) is 0 Å². The Morgan fingerprint density at radius 2 is 1.60 bits per heavy atom. The maximum atomic E-state index is 7.16. The summed E-state index contributed by atoms with van der Waals surface area (Å²) >= 11 is 0. The minimum Gasteiger partial charge on any atom is -0.459 e. The van der Waals surface area contributed by atoms with E-state index in [0.29, 0.717) is 41.7 Å². The first-order valence-electron chi connectivity index (χ1n) is 27.7. The van der Waals surface area contributed by atoms with Crippen molar-refractivity contribution in [2.75, 3.05) is 4.90 Å². The molecule has 11 unspecified atom stereocenters. The molecule has 0 amide bonds. The molecular formula is C62H81N3O2. The van der Waals surface area contributed by atoms with Gasteiger partial charge >= 0.3 is 0 Å². The summed E-state index contributed by atoms with van der Waals surface area (Å²) in [4.78, 5) is 6.08. The Kier molecular flexibility index (Phi) is 9.80. The number of fused-ring (bicyclic) bond motifs is 15. The van der Waals surface area contributed by atoms with E-state index in [0.717, 1.165) is 32.1 Å². The fourth-order valence-corrected chi connectivity index (χ4v) is 16.8. The molecule has 5 nitrogen and oxygen atoms in total. The maximum Gasteiger partial charge on any atom is 0.152 e. The van der Waals surface area contributed by atoms with Crippen molar-refractivity contribution in [3.8, 4) is 5.75 Å². The van der Waals surface area contributed by atoms with Gasteiger partial charge in [-0.3, -0.25) is 0 Å². The molecule has 7 aliphatic carbocycles. The molecule has 11 aliphatic rings. The molecule has 4 aliphatic heterocycles. The largest absolute Gasteiger partial charge is 0.459 e. The van der Waals surface area contributed by atoms with Crippen molar-refractivity contribution in [2.45, 2.75) is 230 Å². The fourth-order valence-electron chi connectivity index (χ4n) is 16.8.